The summed E-state index contributed by atoms with van der Waals surface area (Å²) >= 11 is 0. The molecular weight excluding hydrogens is 204 g/mol. The Bertz CT molecular complexity index is 329. The van der Waals surface area contributed by atoms with E-state index in [4.69, 9.17) is 15.2 Å². The molecular formula is C12H20N2O2. The molecule has 90 valence electrons. The molecule has 1 unspecified atom stereocenters. The maximum Gasteiger partial charge on any atom is 0.143 e. The highest BCUT2D eigenvalue weighted by atomic mass is 16.5. The molecule has 0 aliphatic rings. The van der Waals surface area contributed by atoms with Gasteiger partial charge in [-0.1, -0.05) is 0 Å². The SMILES string of the molecule is CCOC(C)CNc1ccc(N)c(OC)c1. The zero-order valence-corrected chi connectivity index (χ0v) is 10.1. The van der Waals surface area contributed by atoms with E-state index >= 15 is 0 Å². The topological polar surface area (TPSA) is 56.5 Å². The second kappa shape index (κ2) is 6.23. The Hall–Kier alpha value is -1.42. The number of methoxy groups -OCH3 is 1. The number of rotatable bonds is 6. The largest absolute Gasteiger partial charge is 0.495 e. The van der Waals surface area contributed by atoms with Crippen LogP contribution in [0, 0.1) is 0 Å². The molecule has 4 heteroatoms. The average Bonchev–Trinajstić information content (AvgIpc) is 2.28. The van der Waals surface area contributed by atoms with E-state index in [0.29, 0.717) is 11.4 Å². The lowest BCUT2D eigenvalue weighted by molar-refractivity contribution is 0.0855. The molecule has 0 aliphatic heterocycles. The van der Waals surface area contributed by atoms with Crippen LogP contribution in [-0.2, 0) is 4.74 Å². The highest BCUT2D eigenvalue weighted by molar-refractivity contribution is 5.61. The number of nitrogens with one attached hydrogen (secondary N) is 1. The van der Waals surface area contributed by atoms with Gasteiger partial charge < -0.3 is 20.5 Å². The molecule has 0 aromatic heterocycles. The highest BCUT2D eigenvalue weighted by Crippen LogP contribution is 2.24. The zero-order valence-electron chi connectivity index (χ0n) is 10.1. The van der Waals surface area contributed by atoms with Crippen LogP contribution in [0.25, 0.3) is 0 Å². The van der Waals surface area contributed by atoms with E-state index < -0.39 is 0 Å². The van der Waals surface area contributed by atoms with Crippen LogP contribution in [0.3, 0.4) is 0 Å². The van der Waals surface area contributed by atoms with Crippen LogP contribution in [0.1, 0.15) is 13.8 Å². The van der Waals surface area contributed by atoms with Gasteiger partial charge in [-0.3, -0.25) is 0 Å². The minimum atomic E-state index is 0.188. The molecule has 1 rings (SSSR count). The number of anilines is 2. The molecule has 0 heterocycles. The minimum Gasteiger partial charge on any atom is -0.495 e. The van der Waals surface area contributed by atoms with E-state index in [1.54, 1.807) is 7.11 Å². The van der Waals surface area contributed by atoms with Crippen LogP contribution in [0.4, 0.5) is 11.4 Å². The van der Waals surface area contributed by atoms with Crippen LogP contribution < -0.4 is 15.8 Å². The van der Waals surface area contributed by atoms with Crippen molar-refractivity contribution in [3.63, 3.8) is 0 Å². The van der Waals surface area contributed by atoms with Crippen LogP contribution in [0.2, 0.25) is 0 Å². The van der Waals surface area contributed by atoms with Gasteiger partial charge in [0, 0.05) is 24.9 Å². The third-order valence-corrected chi connectivity index (χ3v) is 2.28. The Kier molecular flexibility index (Phi) is 4.92. The van der Waals surface area contributed by atoms with E-state index in [1.807, 2.05) is 32.0 Å². The van der Waals surface area contributed by atoms with Crippen molar-refractivity contribution in [3.05, 3.63) is 18.2 Å². The molecule has 1 aromatic rings. The third kappa shape index (κ3) is 3.62. The van der Waals surface area contributed by atoms with Crippen molar-refractivity contribution < 1.29 is 9.47 Å². The monoisotopic (exact) mass is 224 g/mol. The van der Waals surface area contributed by atoms with Gasteiger partial charge in [0.25, 0.3) is 0 Å². The molecule has 16 heavy (non-hydrogen) atoms. The van der Waals surface area contributed by atoms with Gasteiger partial charge in [-0.25, -0.2) is 0 Å². The summed E-state index contributed by atoms with van der Waals surface area (Å²) in [6.07, 6.45) is 0.188. The molecule has 4 nitrogen and oxygen atoms in total. The van der Waals surface area contributed by atoms with Crippen molar-refractivity contribution in [3.8, 4) is 5.75 Å². The molecule has 0 spiro atoms. The summed E-state index contributed by atoms with van der Waals surface area (Å²) in [7, 11) is 1.61. The maximum absolute atomic E-state index is 5.73. The van der Waals surface area contributed by atoms with Gasteiger partial charge in [-0.2, -0.15) is 0 Å². The predicted molar refractivity (Wildman–Crippen MR) is 67.0 cm³/mol. The molecule has 0 radical (unpaired) electrons. The van der Waals surface area contributed by atoms with E-state index in [2.05, 4.69) is 5.32 Å². The molecule has 0 amide bonds. The molecule has 0 aliphatic carbocycles. The number of hydrogen-bond donors (Lipinski definition) is 2. The Morgan fingerprint density at radius 2 is 2.19 bits per heavy atom. The normalized spacial score (nSPS) is 12.2. The summed E-state index contributed by atoms with van der Waals surface area (Å²) in [5, 5.41) is 3.27. The van der Waals surface area contributed by atoms with Crippen molar-refractivity contribution in [2.24, 2.45) is 0 Å². The van der Waals surface area contributed by atoms with E-state index in [1.165, 1.54) is 0 Å². The van der Waals surface area contributed by atoms with Gasteiger partial charge in [-0.15, -0.1) is 0 Å². The van der Waals surface area contributed by atoms with Crippen LogP contribution >= 0.6 is 0 Å². The quantitative estimate of drug-likeness (QED) is 0.727. The minimum absolute atomic E-state index is 0.188. The molecule has 1 atom stereocenters. The Morgan fingerprint density at radius 1 is 1.44 bits per heavy atom. The lowest BCUT2D eigenvalue weighted by Crippen LogP contribution is -2.19. The molecule has 0 bridgehead atoms. The molecule has 0 saturated carbocycles. The average molecular weight is 224 g/mol. The van der Waals surface area contributed by atoms with Crippen LogP contribution in [0.5, 0.6) is 5.75 Å². The fourth-order valence-corrected chi connectivity index (χ4v) is 1.43. The van der Waals surface area contributed by atoms with Crippen molar-refractivity contribution >= 4 is 11.4 Å². The fourth-order valence-electron chi connectivity index (χ4n) is 1.43. The molecule has 0 fully saturated rings. The van der Waals surface area contributed by atoms with Gasteiger partial charge in [0.2, 0.25) is 0 Å². The second-order valence-corrected chi connectivity index (χ2v) is 3.60. The van der Waals surface area contributed by atoms with E-state index in [9.17, 15) is 0 Å². The van der Waals surface area contributed by atoms with Gasteiger partial charge in [-0.05, 0) is 26.0 Å². The summed E-state index contributed by atoms with van der Waals surface area (Å²) in [4.78, 5) is 0. The first-order chi connectivity index (χ1) is 7.67. The number of nitrogen functional groups attached to an aromatic ring is 1. The number of nitrogens with two attached hydrogens (primary N) is 1. The van der Waals surface area contributed by atoms with Gasteiger partial charge in [0.05, 0.1) is 18.9 Å². The zero-order chi connectivity index (χ0) is 12.0. The Morgan fingerprint density at radius 3 is 2.81 bits per heavy atom. The first-order valence-corrected chi connectivity index (χ1v) is 5.46. The van der Waals surface area contributed by atoms with Crippen LogP contribution in [-0.4, -0.2) is 26.4 Å². The number of benzene rings is 1. The lowest BCUT2D eigenvalue weighted by atomic mass is 10.2. The highest BCUT2D eigenvalue weighted by Gasteiger charge is 2.03. The third-order valence-electron chi connectivity index (χ3n) is 2.28. The maximum atomic E-state index is 5.73. The number of ether oxygens (including phenoxy) is 2. The van der Waals surface area contributed by atoms with Crippen molar-refractivity contribution in [2.45, 2.75) is 20.0 Å². The molecule has 3 N–H and O–H groups in total. The summed E-state index contributed by atoms with van der Waals surface area (Å²) in [5.41, 5.74) is 7.35. The summed E-state index contributed by atoms with van der Waals surface area (Å²) < 4.78 is 10.6. The Balaban J connectivity index is 2.54. The first kappa shape index (κ1) is 12.6. The fraction of sp³-hybridized carbons (Fsp3) is 0.500. The smallest absolute Gasteiger partial charge is 0.143 e. The first-order valence-electron chi connectivity index (χ1n) is 5.46. The van der Waals surface area contributed by atoms with Crippen molar-refractivity contribution in [1.82, 2.24) is 0 Å². The molecule has 0 saturated heterocycles. The van der Waals surface area contributed by atoms with Gasteiger partial charge in [0.15, 0.2) is 0 Å². The van der Waals surface area contributed by atoms with E-state index in [0.717, 1.165) is 18.8 Å². The van der Waals surface area contributed by atoms with Crippen molar-refractivity contribution in [2.75, 3.05) is 31.3 Å². The summed E-state index contributed by atoms with van der Waals surface area (Å²) in [6.45, 7) is 5.52. The molecule has 1 aromatic carbocycles. The lowest BCUT2D eigenvalue weighted by Gasteiger charge is -2.14. The summed E-state index contributed by atoms with van der Waals surface area (Å²) in [5.74, 6) is 0.689. The van der Waals surface area contributed by atoms with Gasteiger partial charge in [0.1, 0.15) is 5.75 Å². The van der Waals surface area contributed by atoms with E-state index in [-0.39, 0.29) is 6.10 Å². The van der Waals surface area contributed by atoms with Crippen molar-refractivity contribution in [1.29, 1.82) is 0 Å². The second-order valence-electron chi connectivity index (χ2n) is 3.60. The predicted octanol–water partition coefficient (Wildman–Crippen LogP) is 2.11. The Labute approximate surface area is 96.7 Å². The van der Waals surface area contributed by atoms with Gasteiger partial charge >= 0.3 is 0 Å². The number of hydrogen-bond acceptors (Lipinski definition) is 4. The van der Waals surface area contributed by atoms with Crippen LogP contribution in [0.15, 0.2) is 18.2 Å². The summed E-state index contributed by atoms with van der Waals surface area (Å²) in [6, 6.07) is 5.64. The standard InChI is InChI=1S/C12H20N2O2/c1-4-16-9(2)8-14-10-5-6-11(13)12(7-10)15-3/h5-7,9,14H,4,8,13H2,1-3H3.